The first-order valence-corrected chi connectivity index (χ1v) is 9.27. The maximum absolute atomic E-state index is 14.0. The van der Waals surface area contributed by atoms with Crippen molar-refractivity contribution in [2.45, 2.75) is 19.0 Å². The number of rotatable bonds is 5. The highest BCUT2D eigenvalue weighted by molar-refractivity contribution is 14.0. The Hall–Kier alpha value is -2.17. The Morgan fingerprint density at radius 2 is 1.90 bits per heavy atom. The Morgan fingerprint density at radius 1 is 1.21 bits per heavy atom. The third-order valence-corrected chi connectivity index (χ3v) is 4.69. The summed E-state index contributed by atoms with van der Waals surface area (Å²) in [6.07, 6.45) is 0.767. The molecule has 0 saturated carbocycles. The molecule has 0 amide bonds. The molecule has 0 radical (unpaired) electrons. The minimum Gasteiger partial charge on any atom is -0.365 e. The molecule has 1 saturated heterocycles. The Balaban J connectivity index is 0.00000300. The molecule has 2 heterocycles. The molecule has 0 spiro atoms. The molecule has 0 bridgehead atoms. The Kier molecular flexibility index (Phi) is 8.42. The average molecular weight is 516 g/mol. The van der Waals surface area contributed by atoms with E-state index in [9.17, 15) is 8.78 Å². The number of guanidine groups is 1. The van der Waals surface area contributed by atoms with Crippen LogP contribution >= 0.6 is 24.0 Å². The molecule has 2 N–H and O–H groups in total. The smallest absolute Gasteiger partial charge is 0.191 e. The van der Waals surface area contributed by atoms with Crippen LogP contribution in [-0.4, -0.2) is 51.2 Å². The van der Waals surface area contributed by atoms with Gasteiger partial charge in [-0.05, 0) is 30.7 Å². The highest BCUT2D eigenvalue weighted by Crippen LogP contribution is 2.26. The van der Waals surface area contributed by atoms with E-state index in [1.165, 1.54) is 18.2 Å². The van der Waals surface area contributed by atoms with E-state index < -0.39 is 11.6 Å². The topological polar surface area (TPSA) is 55.8 Å². The van der Waals surface area contributed by atoms with Crippen LogP contribution in [0.1, 0.15) is 12.1 Å². The average Bonchev–Trinajstić information content (AvgIpc) is 3.13. The Bertz CT molecular complexity index is 825. The highest BCUT2D eigenvalue weighted by atomic mass is 127. The summed E-state index contributed by atoms with van der Waals surface area (Å²) >= 11 is 0. The lowest BCUT2D eigenvalue weighted by atomic mass is 10.2. The molecule has 1 atom stereocenters. The number of aromatic nitrogens is 1. The summed E-state index contributed by atoms with van der Waals surface area (Å²) in [6, 6.07) is 9.87. The third kappa shape index (κ3) is 5.91. The number of aliphatic imine (C=N–C) groups is 1. The number of para-hydroxylation sites is 1. The maximum Gasteiger partial charge on any atom is 0.191 e. The van der Waals surface area contributed by atoms with Gasteiger partial charge in [-0.15, -0.1) is 24.0 Å². The minimum absolute atomic E-state index is 0. The van der Waals surface area contributed by atoms with Crippen molar-refractivity contribution in [1.29, 1.82) is 0 Å². The first kappa shape index (κ1) is 23.1. The molecule has 3 rings (SSSR count). The van der Waals surface area contributed by atoms with Crippen molar-refractivity contribution in [3.8, 4) is 0 Å². The lowest BCUT2D eigenvalue weighted by molar-refractivity contribution is 0.576. The molecule has 1 aliphatic rings. The summed E-state index contributed by atoms with van der Waals surface area (Å²) in [5.74, 6) is 0.462. The summed E-state index contributed by atoms with van der Waals surface area (Å²) in [5.41, 5.74) is 0.940. The number of pyridine rings is 1. The van der Waals surface area contributed by atoms with E-state index in [0.717, 1.165) is 17.9 Å². The fourth-order valence-electron chi connectivity index (χ4n) is 3.25. The molecule has 158 valence electrons. The van der Waals surface area contributed by atoms with Gasteiger partial charge in [-0.1, -0.05) is 12.1 Å². The second-order valence-corrected chi connectivity index (χ2v) is 6.95. The van der Waals surface area contributed by atoms with Gasteiger partial charge >= 0.3 is 0 Å². The van der Waals surface area contributed by atoms with Crippen LogP contribution in [0.4, 0.5) is 20.3 Å². The Morgan fingerprint density at radius 3 is 2.55 bits per heavy atom. The van der Waals surface area contributed by atoms with Crippen LogP contribution in [-0.2, 0) is 6.54 Å². The van der Waals surface area contributed by atoms with Crippen molar-refractivity contribution >= 4 is 41.4 Å². The molecule has 9 heteroatoms. The fraction of sp³-hybridized carbons (Fsp3) is 0.400. The van der Waals surface area contributed by atoms with Crippen LogP contribution in [0.15, 0.2) is 41.4 Å². The molecule has 0 aliphatic carbocycles. The van der Waals surface area contributed by atoms with E-state index >= 15 is 0 Å². The van der Waals surface area contributed by atoms with Crippen molar-refractivity contribution < 1.29 is 8.78 Å². The largest absolute Gasteiger partial charge is 0.365 e. The highest BCUT2D eigenvalue weighted by Gasteiger charge is 2.27. The molecule has 1 aromatic carbocycles. The summed E-state index contributed by atoms with van der Waals surface area (Å²) in [7, 11) is 5.59. The molecular formula is C20H27F2IN6. The SMILES string of the molecule is CN=C(NCc1cccc(N(C)C)n1)NC1CCN(c2c(F)cccc2F)C1.I. The lowest BCUT2D eigenvalue weighted by Gasteiger charge is -2.21. The second-order valence-electron chi connectivity index (χ2n) is 6.95. The van der Waals surface area contributed by atoms with Crippen LogP contribution in [0, 0.1) is 11.6 Å². The van der Waals surface area contributed by atoms with Gasteiger partial charge in [0.15, 0.2) is 5.96 Å². The van der Waals surface area contributed by atoms with Crippen LogP contribution < -0.4 is 20.4 Å². The number of anilines is 2. The summed E-state index contributed by atoms with van der Waals surface area (Å²) in [4.78, 5) is 12.5. The zero-order valence-electron chi connectivity index (χ0n) is 16.8. The normalized spacial score (nSPS) is 16.4. The van der Waals surface area contributed by atoms with E-state index in [1.807, 2.05) is 37.2 Å². The summed E-state index contributed by atoms with van der Waals surface area (Å²) in [5, 5.41) is 6.57. The number of nitrogens with zero attached hydrogens (tertiary/aromatic N) is 4. The number of halogens is 3. The van der Waals surface area contributed by atoms with E-state index in [-0.39, 0.29) is 35.7 Å². The molecule has 1 aliphatic heterocycles. The van der Waals surface area contributed by atoms with Crippen LogP contribution in [0.2, 0.25) is 0 Å². The Labute approximate surface area is 187 Å². The number of hydrogen-bond acceptors (Lipinski definition) is 4. The van der Waals surface area contributed by atoms with Crippen LogP contribution in [0.3, 0.4) is 0 Å². The van der Waals surface area contributed by atoms with Crippen molar-refractivity contribution in [2.24, 2.45) is 4.99 Å². The van der Waals surface area contributed by atoms with Crippen molar-refractivity contribution in [3.63, 3.8) is 0 Å². The second kappa shape index (κ2) is 10.6. The molecule has 29 heavy (non-hydrogen) atoms. The van der Waals surface area contributed by atoms with Gasteiger partial charge in [-0.2, -0.15) is 0 Å². The van der Waals surface area contributed by atoms with Gasteiger partial charge in [-0.3, -0.25) is 4.99 Å². The molecule has 1 fully saturated rings. The summed E-state index contributed by atoms with van der Waals surface area (Å²) < 4.78 is 28.0. The number of nitrogens with one attached hydrogen (secondary N) is 2. The van der Waals surface area contributed by atoms with Gasteiger partial charge in [0.25, 0.3) is 0 Å². The monoisotopic (exact) mass is 516 g/mol. The van der Waals surface area contributed by atoms with Crippen LogP contribution in [0.5, 0.6) is 0 Å². The first-order valence-electron chi connectivity index (χ1n) is 9.27. The zero-order valence-corrected chi connectivity index (χ0v) is 19.2. The van der Waals surface area contributed by atoms with Gasteiger partial charge in [0.05, 0.1) is 12.2 Å². The van der Waals surface area contributed by atoms with Gasteiger partial charge in [-0.25, -0.2) is 13.8 Å². The molecule has 2 aromatic rings. The van der Waals surface area contributed by atoms with E-state index in [4.69, 9.17) is 0 Å². The van der Waals surface area contributed by atoms with E-state index in [1.54, 1.807) is 11.9 Å². The fourth-order valence-corrected chi connectivity index (χ4v) is 3.25. The molecule has 1 unspecified atom stereocenters. The molecule has 1 aromatic heterocycles. The summed E-state index contributed by atoms with van der Waals surface area (Å²) in [6.45, 7) is 1.62. The van der Waals surface area contributed by atoms with Gasteiger partial charge in [0.2, 0.25) is 0 Å². The van der Waals surface area contributed by atoms with Crippen LogP contribution in [0.25, 0.3) is 0 Å². The predicted molar refractivity (Wildman–Crippen MR) is 124 cm³/mol. The molecule has 6 nitrogen and oxygen atoms in total. The quantitative estimate of drug-likeness (QED) is 0.364. The van der Waals surface area contributed by atoms with Gasteiger partial charge in [0.1, 0.15) is 23.1 Å². The van der Waals surface area contributed by atoms with Crippen molar-refractivity contribution in [1.82, 2.24) is 15.6 Å². The maximum atomic E-state index is 14.0. The van der Waals surface area contributed by atoms with E-state index in [2.05, 4.69) is 20.6 Å². The number of hydrogen-bond donors (Lipinski definition) is 2. The minimum atomic E-state index is -0.532. The van der Waals surface area contributed by atoms with Crippen molar-refractivity contribution in [2.75, 3.05) is 44.0 Å². The molecular weight excluding hydrogens is 489 g/mol. The zero-order chi connectivity index (χ0) is 20.1. The predicted octanol–water partition coefficient (Wildman–Crippen LogP) is 2.99. The first-order chi connectivity index (χ1) is 13.5. The number of benzene rings is 1. The van der Waals surface area contributed by atoms with Crippen molar-refractivity contribution in [3.05, 3.63) is 53.7 Å². The van der Waals surface area contributed by atoms with E-state index in [0.29, 0.717) is 25.6 Å². The third-order valence-electron chi connectivity index (χ3n) is 4.69. The van der Waals surface area contributed by atoms with Gasteiger partial charge in [0, 0.05) is 40.3 Å². The standard InChI is InChI=1S/C20H26F2N6.HI/c1-23-20(24-12-14-6-4-9-18(25-14)27(2)3)26-15-10-11-28(13-15)19-16(21)7-5-8-17(19)22;/h4-9,15H,10-13H2,1-3H3,(H2,23,24,26);1H. The van der Waals surface area contributed by atoms with Gasteiger partial charge < -0.3 is 20.4 Å². The lowest BCUT2D eigenvalue weighted by Crippen LogP contribution is -2.44.